The molecule has 0 radical (unpaired) electrons. The molecule has 2 fully saturated rings. The van der Waals surface area contributed by atoms with Crippen LogP contribution in [0.4, 0.5) is 0 Å². The van der Waals surface area contributed by atoms with E-state index in [0.717, 1.165) is 70.0 Å². The normalized spacial score (nSPS) is 27.3. The zero-order chi connectivity index (χ0) is 18.1. The largest absolute Gasteiger partial charge is 0.381 e. The first-order valence-corrected chi connectivity index (χ1v) is 11.1. The van der Waals surface area contributed by atoms with E-state index in [1.54, 1.807) is 7.11 Å². The maximum atomic E-state index is 12.1. The zero-order valence-corrected chi connectivity index (χ0v) is 19.6. The maximum Gasteiger partial charge on any atom is 0.191 e. The van der Waals surface area contributed by atoms with Gasteiger partial charge < -0.3 is 20.1 Å². The fourth-order valence-electron chi connectivity index (χ4n) is 3.66. The average Bonchev–Trinajstić information content (AvgIpc) is 2.66. The molecule has 1 heterocycles. The molecule has 1 aliphatic heterocycles. The Morgan fingerprint density at radius 1 is 1.31 bits per heavy atom. The van der Waals surface area contributed by atoms with Gasteiger partial charge in [-0.3, -0.25) is 9.20 Å². The fraction of sp³-hybridized carbons (Fsp3) is 0.944. The molecule has 6 nitrogen and oxygen atoms in total. The Morgan fingerprint density at radius 3 is 2.65 bits per heavy atom. The van der Waals surface area contributed by atoms with Gasteiger partial charge in [-0.2, -0.15) is 0 Å². The van der Waals surface area contributed by atoms with Gasteiger partial charge in [0.1, 0.15) is 0 Å². The van der Waals surface area contributed by atoms with Gasteiger partial charge in [0.25, 0.3) is 0 Å². The van der Waals surface area contributed by atoms with Crippen molar-refractivity contribution in [1.29, 1.82) is 0 Å². The molecular formula is C18H36IN3O3S. The van der Waals surface area contributed by atoms with Crippen LogP contribution in [0, 0.1) is 0 Å². The van der Waals surface area contributed by atoms with E-state index in [1.165, 1.54) is 0 Å². The lowest BCUT2D eigenvalue weighted by Gasteiger charge is -2.35. The van der Waals surface area contributed by atoms with E-state index in [-0.39, 0.29) is 29.6 Å². The Kier molecular flexibility index (Phi) is 11.6. The minimum atomic E-state index is -0.703. The van der Waals surface area contributed by atoms with Crippen molar-refractivity contribution in [2.24, 2.45) is 4.99 Å². The molecule has 3 unspecified atom stereocenters. The van der Waals surface area contributed by atoms with Gasteiger partial charge in [-0.1, -0.05) is 13.3 Å². The Hall–Kier alpha value is 0.0700. The third kappa shape index (κ3) is 7.24. The molecule has 3 atom stereocenters. The Labute approximate surface area is 178 Å². The van der Waals surface area contributed by atoms with Crippen LogP contribution in [0.2, 0.25) is 0 Å². The molecule has 8 heteroatoms. The average molecular weight is 501 g/mol. The van der Waals surface area contributed by atoms with Crippen molar-refractivity contribution in [2.75, 3.05) is 39.2 Å². The number of rotatable bonds is 7. The first-order chi connectivity index (χ1) is 12.1. The molecule has 2 rings (SSSR count). The van der Waals surface area contributed by atoms with Crippen LogP contribution < -0.4 is 10.6 Å². The molecule has 0 aromatic heterocycles. The molecule has 26 heavy (non-hydrogen) atoms. The van der Waals surface area contributed by atoms with Gasteiger partial charge in [0.2, 0.25) is 0 Å². The first kappa shape index (κ1) is 24.1. The van der Waals surface area contributed by atoms with E-state index in [2.05, 4.69) is 17.6 Å². The molecule has 0 spiro atoms. The number of guanidine groups is 1. The Balaban J connectivity index is 0.00000338. The van der Waals surface area contributed by atoms with Gasteiger partial charge in [-0.15, -0.1) is 24.0 Å². The first-order valence-electron chi connectivity index (χ1n) is 9.67. The van der Waals surface area contributed by atoms with Gasteiger partial charge in [0, 0.05) is 67.6 Å². The third-order valence-corrected chi connectivity index (χ3v) is 7.07. The number of aliphatic imine (C=N–C) groups is 1. The van der Waals surface area contributed by atoms with Crippen molar-refractivity contribution in [3.63, 3.8) is 0 Å². The summed E-state index contributed by atoms with van der Waals surface area (Å²) in [6, 6.07) is 0.347. The van der Waals surface area contributed by atoms with E-state index in [0.29, 0.717) is 17.8 Å². The Bertz CT molecular complexity index is 459. The molecule has 0 amide bonds. The summed E-state index contributed by atoms with van der Waals surface area (Å²) in [4.78, 5) is 4.80. The van der Waals surface area contributed by atoms with Gasteiger partial charge in [-0.25, -0.2) is 0 Å². The summed E-state index contributed by atoms with van der Waals surface area (Å²) in [7, 11) is 1.07. The van der Waals surface area contributed by atoms with Gasteiger partial charge in [-0.05, 0) is 26.2 Å². The number of nitrogens with one attached hydrogen (secondary N) is 2. The monoisotopic (exact) mass is 501 g/mol. The van der Waals surface area contributed by atoms with Crippen molar-refractivity contribution in [1.82, 2.24) is 10.6 Å². The molecule has 2 N–H and O–H groups in total. The van der Waals surface area contributed by atoms with Gasteiger partial charge in [0.15, 0.2) is 5.96 Å². The summed E-state index contributed by atoms with van der Waals surface area (Å²) in [5.74, 6) is 1.60. The lowest BCUT2D eigenvalue weighted by molar-refractivity contribution is -0.0828. The number of ether oxygens (including phenoxy) is 2. The van der Waals surface area contributed by atoms with Crippen LogP contribution in [0.3, 0.4) is 0 Å². The highest BCUT2D eigenvalue weighted by Crippen LogP contribution is 2.25. The molecule has 0 bridgehead atoms. The second-order valence-electron chi connectivity index (χ2n) is 6.99. The summed E-state index contributed by atoms with van der Waals surface area (Å²) in [6.45, 7) is 7.02. The van der Waals surface area contributed by atoms with E-state index in [1.807, 2.05) is 6.92 Å². The second kappa shape index (κ2) is 12.5. The molecule has 1 aliphatic carbocycles. The zero-order valence-electron chi connectivity index (χ0n) is 16.4. The van der Waals surface area contributed by atoms with Crippen LogP contribution >= 0.6 is 24.0 Å². The van der Waals surface area contributed by atoms with E-state index in [9.17, 15) is 4.21 Å². The van der Waals surface area contributed by atoms with Crippen molar-refractivity contribution in [3.05, 3.63) is 0 Å². The third-order valence-electron chi connectivity index (χ3n) is 5.33. The summed E-state index contributed by atoms with van der Waals surface area (Å²) < 4.78 is 23.4. The van der Waals surface area contributed by atoms with E-state index < -0.39 is 10.8 Å². The number of hydrogen-bond acceptors (Lipinski definition) is 4. The smallest absolute Gasteiger partial charge is 0.191 e. The standard InChI is InChI=1S/C18H35N3O3S.HI/c1-4-19-17(20-14-18(23-3)9-11-24-12-10-18)21-15-7-6-8-16(13-15)25(22)5-2;/h15-16H,4-14H2,1-3H3,(H2,19,20,21);1H. The number of halogens is 1. The van der Waals surface area contributed by atoms with Crippen molar-refractivity contribution >= 4 is 40.7 Å². The molecule has 154 valence electrons. The van der Waals surface area contributed by atoms with Crippen molar-refractivity contribution in [2.45, 2.75) is 69.3 Å². The predicted octanol–water partition coefficient (Wildman–Crippen LogP) is 2.43. The highest BCUT2D eigenvalue weighted by Gasteiger charge is 2.32. The summed E-state index contributed by atoms with van der Waals surface area (Å²) in [5.41, 5.74) is -0.209. The maximum absolute atomic E-state index is 12.1. The van der Waals surface area contributed by atoms with Gasteiger partial charge >= 0.3 is 0 Å². The van der Waals surface area contributed by atoms with Gasteiger partial charge in [0.05, 0.1) is 12.1 Å². The minimum absolute atomic E-state index is 0. The molecule has 1 saturated heterocycles. The SMILES string of the molecule is CCNC(=NCC1(OC)CCOCC1)NC1CCCC(S(=O)CC)C1.I. The molecule has 0 aromatic carbocycles. The highest BCUT2D eigenvalue weighted by molar-refractivity contribution is 14.0. The van der Waals surface area contributed by atoms with E-state index in [4.69, 9.17) is 14.5 Å². The number of methoxy groups -OCH3 is 1. The molecule has 0 aromatic rings. The number of nitrogens with zero attached hydrogens (tertiary/aromatic N) is 1. The second-order valence-corrected chi connectivity index (χ2v) is 9.00. The summed E-state index contributed by atoms with van der Waals surface area (Å²) in [6.07, 6.45) is 6.06. The van der Waals surface area contributed by atoms with Crippen molar-refractivity contribution < 1.29 is 13.7 Å². The summed E-state index contributed by atoms with van der Waals surface area (Å²) >= 11 is 0. The predicted molar refractivity (Wildman–Crippen MR) is 119 cm³/mol. The van der Waals surface area contributed by atoms with Crippen LogP contribution in [-0.2, 0) is 20.3 Å². The van der Waals surface area contributed by atoms with Crippen LogP contribution in [0.1, 0.15) is 52.4 Å². The van der Waals surface area contributed by atoms with Crippen LogP contribution in [0.15, 0.2) is 4.99 Å². The van der Waals surface area contributed by atoms with Crippen LogP contribution in [0.25, 0.3) is 0 Å². The lowest BCUT2D eigenvalue weighted by Crippen LogP contribution is -2.48. The fourth-order valence-corrected chi connectivity index (χ4v) is 5.01. The van der Waals surface area contributed by atoms with Crippen molar-refractivity contribution in [3.8, 4) is 0 Å². The quantitative estimate of drug-likeness (QED) is 0.319. The topological polar surface area (TPSA) is 72.0 Å². The van der Waals surface area contributed by atoms with Crippen LogP contribution in [0.5, 0.6) is 0 Å². The number of hydrogen-bond donors (Lipinski definition) is 2. The summed E-state index contributed by atoms with van der Waals surface area (Å²) in [5, 5.41) is 7.23. The minimum Gasteiger partial charge on any atom is -0.381 e. The molecule has 1 saturated carbocycles. The highest BCUT2D eigenvalue weighted by atomic mass is 127. The molecule has 2 aliphatic rings. The van der Waals surface area contributed by atoms with E-state index >= 15 is 0 Å². The Morgan fingerprint density at radius 2 is 2.04 bits per heavy atom. The van der Waals surface area contributed by atoms with Crippen LogP contribution in [-0.4, -0.2) is 66.2 Å². The molecular weight excluding hydrogens is 465 g/mol. The lowest BCUT2D eigenvalue weighted by atomic mass is 9.94.